The van der Waals surface area contributed by atoms with Crippen LogP contribution in [-0.2, 0) is 0 Å². The minimum atomic E-state index is 0.380. The second-order valence-electron chi connectivity index (χ2n) is 5.70. The number of nitrogens with one attached hydrogen (secondary N) is 1. The molecule has 1 heterocycles. The Morgan fingerprint density at radius 3 is 2.10 bits per heavy atom. The van der Waals surface area contributed by atoms with Crippen molar-refractivity contribution < 1.29 is 0 Å². The minimum absolute atomic E-state index is 0.380. The van der Waals surface area contributed by atoms with Gasteiger partial charge in [-0.3, -0.25) is 4.90 Å². The third kappa shape index (κ3) is 5.68. The molecule has 116 valence electrons. The molecule has 4 nitrogen and oxygen atoms in total. The minimum Gasteiger partial charge on any atom is -0.353 e. The van der Waals surface area contributed by atoms with E-state index in [1.165, 1.54) is 0 Å². The SMILES string of the molecule is C=CCN(CC=C)C(CNc1nc(C)cc(C)n1)C(C)C. The van der Waals surface area contributed by atoms with Gasteiger partial charge in [-0.2, -0.15) is 0 Å². The van der Waals surface area contributed by atoms with E-state index in [1.54, 1.807) is 0 Å². The Hall–Kier alpha value is -1.68. The fourth-order valence-electron chi connectivity index (χ4n) is 2.46. The van der Waals surface area contributed by atoms with Gasteiger partial charge in [-0.25, -0.2) is 9.97 Å². The van der Waals surface area contributed by atoms with Crippen LogP contribution in [0.1, 0.15) is 25.2 Å². The monoisotopic (exact) mass is 288 g/mol. The fourth-order valence-corrected chi connectivity index (χ4v) is 2.46. The molecule has 0 aliphatic rings. The molecule has 1 rings (SSSR count). The van der Waals surface area contributed by atoms with E-state index >= 15 is 0 Å². The lowest BCUT2D eigenvalue weighted by molar-refractivity contribution is 0.199. The maximum atomic E-state index is 4.44. The lowest BCUT2D eigenvalue weighted by atomic mass is 10.0. The Bertz CT molecular complexity index is 438. The Labute approximate surface area is 129 Å². The van der Waals surface area contributed by atoms with Crippen LogP contribution < -0.4 is 5.32 Å². The molecular formula is C17H28N4. The molecule has 0 fully saturated rings. The van der Waals surface area contributed by atoms with Gasteiger partial charge in [0.25, 0.3) is 0 Å². The molecule has 1 aromatic rings. The van der Waals surface area contributed by atoms with Gasteiger partial charge in [0.05, 0.1) is 0 Å². The number of aromatic nitrogens is 2. The molecule has 1 N–H and O–H groups in total. The normalized spacial score (nSPS) is 12.5. The molecule has 0 aromatic carbocycles. The first-order valence-corrected chi connectivity index (χ1v) is 7.50. The largest absolute Gasteiger partial charge is 0.353 e. The van der Waals surface area contributed by atoms with Gasteiger partial charge in [-0.05, 0) is 25.8 Å². The van der Waals surface area contributed by atoms with Gasteiger partial charge in [0.2, 0.25) is 5.95 Å². The van der Waals surface area contributed by atoms with Crippen molar-refractivity contribution in [2.75, 3.05) is 25.0 Å². The fraction of sp³-hybridized carbons (Fsp3) is 0.529. The molecule has 0 bridgehead atoms. The molecule has 21 heavy (non-hydrogen) atoms. The van der Waals surface area contributed by atoms with Crippen LogP contribution in [0.4, 0.5) is 5.95 Å². The zero-order chi connectivity index (χ0) is 15.8. The summed E-state index contributed by atoms with van der Waals surface area (Å²) >= 11 is 0. The molecule has 0 amide bonds. The quantitative estimate of drug-likeness (QED) is 0.708. The number of aryl methyl sites for hydroxylation is 2. The van der Waals surface area contributed by atoms with Crippen molar-refractivity contribution in [2.24, 2.45) is 5.92 Å². The third-order valence-electron chi connectivity index (χ3n) is 3.42. The van der Waals surface area contributed by atoms with Crippen molar-refractivity contribution in [1.82, 2.24) is 14.9 Å². The van der Waals surface area contributed by atoms with Gasteiger partial charge in [-0.15, -0.1) is 13.2 Å². The van der Waals surface area contributed by atoms with Crippen molar-refractivity contribution in [3.8, 4) is 0 Å². The molecule has 0 saturated heterocycles. The van der Waals surface area contributed by atoms with Crippen LogP contribution >= 0.6 is 0 Å². The van der Waals surface area contributed by atoms with Crippen molar-refractivity contribution in [3.63, 3.8) is 0 Å². The lowest BCUT2D eigenvalue weighted by Gasteiger charge is -2.33. The standard InChI is InChI=1S/C17H28N4/c1-7-9-21(10-8-2)16(13(3)4)12-18-17-19-14(5)11-15(6)20-17/h7-8,11,13,16H,1-2,9-10,12H2,3-6H3,(H,18,19,20). The van der Waals surface area contributed by atoms with Crippen LogP contribution in [0.15, 0.2) is 31.4 Å². The van der Waals surface area contributed by atoms with Crippen LogP contribution in [0.3, 0.4) is 0 Å². The first-order chi connectivity index (χ1) is 9.97. The average molecular weight is 288 g/mol. The zero-order valence-corrected chi connectivity index (χ0v) is 13.8. The Kier molecular flexibility index (Phi) is 7.09. The van der Waals surface area contributed by atoms with Crippen molar-refractivity contribution in [2.45, 2.75) is 33.7 Å². The summed E-state index contributed by atoms with van der Waals surface area (Å²) in [7, 11) is 0. The van der Waals surface area contributed by atoms with Gasteiger partial charge in [0.15, 0.2) is 0 Å². The van der Waals surface area contributed by atoms with E-state index in [-0.39, 0.29) is 0 Å². The summed E-state index contributed by atoms with van der Waals surface area (Å²) in [4.78, 5) is 11.2. The third-order valence-corrected chi connectivity index (χ3v) is 3.42. The average Bonchev–Trinajstić information content (AvgIpc) is 2.37. The molecule has 1 atom stereocenters. The smallest absolute Gasteiger partial charge is 0.223 e. The molecular weight excluding hydrogens is 260 g/mol. The maximum absolute atomic E-state index is 4.44. The molecule has 0 spiro atoms. The summed E-state index contributed by atoms with van der Waals surface area (Å²) in [6.45, 7) is 18.6. The summed E-state index contributed by atoms with van der Waals surface area (Å²) in [6.07, 6.45) is 3.87. The zero-order valence-electron chi connectivity index (χ0n) is 13.8. The van der Waals surface area contributed by atoms with E-state index in [9.17, 15) is 0 Å². The maximum Gasteiger partial charge on any atom is 0.223 e. The number of hydrogen-bond acceptors (Lipinski definition) is 4. The summed E-state index contributed by atoms with van der Waals surface area (Å²) in [5.41, 5.74) is 1.97. The lowest BCUT2D eigenvalue weighted by Crippen LogP contribution is -2.44. The van der Waals surface area contributed by atoms with E-state index < -0.39 is 0 Å². The van der Waals surface area contributed by atoms with Crippen molar-refractivity contribution >= 4 is 5.95 Å². The second kappa shape index (κ2) is 8.57. The van der Waals surface area contributed by atoms with Crippen LogP contribution in [0, 0.1) is 19.8 Å². The predicted molar refractivity (Wildman–Crippen MR) is 90.6 cm³/mol. The van der Waals surface area contributed by atoms with Gasteiger partial charge in [-0.1, -0.05) is 26.0 Å². The van der Waals surface area contributed by atoms with E-state index in [0.717, 1.165) is 31.0 Å². The Morgan fingerprint density at radius 1 is 1.14 bits per heavy atom. The molecule has 4 heteroatoms. The molecule has 0 saturated carbocycles. The number of nitrogens with zero attached hydrogens (tertiary/aromatic N) is 3. The molecule has 0 aliphatic carbocycles. The van der Waals surface area contributed by atoms with E-state index in [2.05, 4.69) is 47.2 Å². The van der Waals surface area contributed by atoms with E-state index in [1.807, 2.05) is 32.1 Å². The summed E-state index contributed by atoms with van der Waals surface area (Å²) in [5, 5.41) is 3.37. The van der Waals surface area contributed by atoms with Crippen LogP contribution in [0.5, 0.6) is 0 Å². The highest BCUT2D eigenvalue weighted by Gasteiger charge is 2.20. The van der Waals surface area contributed by atoms with Crippen LogP contribution in [-0.4, -0.2) is 40.5 Å². The van der Waals surface area contributed by atoms with E-state index in [0.29, 0.717) is 17.9 Å². The van der Waals surface area contributed by atoms with Gasteiger partial charge in [0.1, 0.15) is 0 Å². The molecule has 0 radical (unpaired) electrons. The van der Waals surface area contributed by atoms with Crippen molar-refractivity contribution in [3.05, 3.63) is 42.8 Å². The summed E-state index contributed by atoms with van der Waals surface area (Å²) in [6, 6.07) is 2.36. The Morgan fingerprint density at radius 2 is 1.67 bits per heavy atom. The predicted octanol–water partition coefficient (Wildman–Crippen LogP) is 3.20. The van der Waals surface area contributed by atoms with Crippen LogP contribution in [0.25, 0.3) is 0 Å². The highest BCUT2D eigenvalue weighted by atomic mass is 15.2. The highest BCUT2D eigenvalue weighted by molar-refractivity contribution is 5.28. The van der Waals surface area contributed by atoms with Crippen LogP contribution in [0.2, 0.25) is 0 Å². The van der Waals surface area contributed by atoms with Crippen molar-refractivity contribution in [1.29, 1.82) is 0 Å². The molecule has 1 aromatic heterocycles. The van der Waals surface area contributed by atoms with E-state index in [4.69, 9.17) is 0 Å². The Balaban J connectivity index is 2.77. The van der Waals surface area contributed by atoms with Gasteiger partial charge in [0, 0.05) is 37.1 Å². The highest BCUT2D eigenvalue weighted by Crippen LogP contribution is 2.13. The number of anilines is 1. The molecule has 0 aliphatic heterocycles. The second-order valence-corrected chi connectivity index (χ2v) is 5.70. The topological polar surface area (TPSA) is 41.0 Å². The van der Waals surface area contributed by atoms with Gasteiger partial charge < -0.3 is 5.32 Å². The number of hydrogen-bond donors (Lipinski definition) is 1. The summed E-state index contributed by atoms with van der Waals surface area (Å²) in [5.74, 6) is 1.22. The first-order valence-electron chi connectivity index (χ1n) is 7.50. The molecule has 1 unspecified atom stereocenters. The van der Waals surface area contributed by atoms with Gasteiger partial charge >= 0.3 is 0 Å². The summed E-state index contributed by atoms with van der Waals surface area (Å²) < 4.78 is 0. The number of rotatable bonds is 9. The first kappa shape index (κ1) is 17.4.